The van der Waals surface area contributed by atoms with Gasteiger partial charge in [0.2, 0.25) is 12.5 Å². The van der Waals surface area contributed by atoms with Gasteiger partial charge in [0.25, 0.3) is 0 Å². The standard InChI is InChI=1S/C22H23NO4/c1-4-25-17-8-5-15(6-9-17)7-10-18-20-16(11-12-23(18)2)13-19-21(22(20)24-3)27-14-26-19/h5-6,8-9,13,18H,4,11-12,14H2,1-3H3. The van der Waals surface area contributed by atoms with Crippen LogP contribution in [0, 0.1) is 11.8 Å². The minimum atomic E-state index is -0.0650. The molecule has 1 unspecified atom stereocenters. The largest absolute Gasteiger partial charge is 0.494 e. The van der Waals surface area contributed by atoms with Crippen molar-refractivity contribution in [3.63, 3.8) is 0 Å². The summed E-state index contributed by atoms with van der Waals surface area (Å²) in [6.45, 7) is 3.79. The molecule has 2 aromatic carbocycles. The second-order valence-corrected chi connectivity index (χ2v) is 6.58. The fraction of sp³-hybridized carbons (Fsp3) is 0.364. The first-order chi connectivity index (χ1) is 13.2. The number of fused-ring (bicyclic) bond motifs is 2. The van der Waals surface area contributed by atoms with E-state index in [9.17, 15) is 0 Å². The molecule has 0 amide bonds. The summed E-state index contributed by atoms with van der Waals surface area (Å²) < 4.78 is 22.4. The molecule has 0 spiro atoms. The fourth-order valence-electron chi connectivity index (χ4n) is 3.57. The number of hydrogen-bond acceptors (Lipinski definition) is 5. The van der Waals surface area contributed by atoms with Crippen molar-refractivity contribution in [1.29, 1.82) is 0 Å². The maximum absolute atomic E-state index is 5.71. The van der Waals surface area contributed by atoms with Crippen molar-refractivity contribution in [3.8, 4) is 34.8 Å². The summed E-state index contributed by atoms with van der Waals surface area (Å²) in [6.07, 6.45) is 0.931. The van der Waals surface area contributed by atoms with E-state index in [-0.39, 0.29) is 12.8 Å². The van der Waals surface area contributed by atoms with E-state index in [1.54, 1.807) is 7.11 Å². The molecule has 0 N–H and O–H groups in total. The summed E-state index contributed by atoms with van der Waals surface area (Å²) in [5, 5.41) is 0. The summed E-state index contributed by atoms with van der Waals surface area (Å²) in [6, 6.07) is 9.87. The molecule has 0 fully saturated rings. The van der Waals surface area contributed by atoms with Gasteiger partial charge in [-0.1, -0.05) is 11.8 Å². The van der Waals surface area contributed by atoms with Crippen molar-refractivity contribution in [3.05, 3.63) is 47.0 Å². The third kappa shape index (κ3) is 3.29. The highest BCUT2D eigenvalue weighted by molar-refractivity contribution is 5.63. The van der Waals surface area contributed by atoms with Crippen molar-refractivity contribution >= 4 is 0 Å². The molecule has 27 heavy (non-hydrogen) atoms. The minimum Gasteiger partial charge on any atom is -0.494 e. The van der Waals surface area contributed by atoms with E-state index >= 15 is 0 Å². The van der Waals surface area contributed by atoms with Crippen molar-refractivity contribution in [1.82, 2.24) is 4.90 Å². The van der Waals surface area contributed by atoms with Crippen molar-refractivity contribution in [2.45, 2.75) is 19.4 Å². The Labute approximate surface area is 159 Å². The lowest BCUT2D eigenvalue weighted by atomic mass is 9.91. The summed E-state index contributed by atoms with van der Waals surface area (Å²) in [4.78, 5) is 2.24. The molecule has 0 radical (unpaired) electrons. The van der Waals surface area contributed by atoms with E-state index in [1.165, 1.54) is 5.56 Å². The van der Waals surface area contributed by atoms with Gasteiger partial charge < -0.3 is 18.9 Å². The Morgan fingerprint density at radius 2 is 2.04 bits per heavy atom. The van der Waals surface area contributed by atoms with Gasteiger partial charge in [0.1, 0.15) is 11.8 Å². The van der Waals surface area contributed by atoms with Crippen LogP contribution in [0.2, 0.25) is 0 Å². The lowest BCUT2D eigenvalue weighted by Gasteiger charge is -2.32. The van der Waals surface area contributed by atoms with Crippen LogP contribution in [0.3, 0.4) is 0 Å². The molecule has 0 aromatic heterocycles. The highest BCUT2D eigenvalue weighted by Crippen LogP contribution is 2.49. The van der Waals surface area contributed by atoms with Gasteiger partial charge >= 0.3 is 0 Å². The molecule has 1 atom stereocenters. The van der Waals surface area contributed by atoms with E-state index < -0.39 is 0 Å². The second kappa shape index (κ2) is 7.42. The molecule has 0 bridgehead atoms. The first-order valence-electron chi connectivity index (χ1n) is 9.15. The Kier molecular flexibility index (Phi) is 4.83. The Morgan fingerprint density at radius 3 is 2.78 bits per heavy atom. The smallest absolute Gasteiger partial charge is 0.231 e. The molecule has 5 nitrogen and oxygen atoms in total. The van der Waals surface area contributed by atoms with Gasteiger partial charge in [-0.25, -0.2) is 0 Å². The first kappa shape index (κ1) is 17.6. The Morgan fingerprint density at radius 1 is 1.22 bits per heavy atom. The zero-order valence-corrected chi connectivity index (χ0v) is 15.9. The third-order valence-electron chi connectivity index (χ3n) is 4.91. The zero-order valence-electron chi connectivity index (χ0n) is 15.9. The van der Waals surface area contributed by atoms with Crippen molar-refractivity contribution in [2.24, 2.45) is 0 Å². The molecule has 5 heteroatoms. The van der Waals surface area contributed by atoms with E-state index in [0.29, 0.717) is 12.4 Å². The van der Waals surface area contributed by atoms with E-state index in [4.69, 9.17) is 18.9 Å². The minimum absolute atomic E-state index is 0.0650. The molecular weight excluding hydrogens is 342 g/mol. The Bertz CT molecular complexity index is 895. The monoisotopic (exact) mass is 365 g/mol. The molecule has 0 saturated carbocycles. The van der Waals surface area contributed by atoms with Crippen molar-refractivity contribution in [2.75, 3.05) is 34.1 Å². The van der Waals surface area contributed by atoms with E-state index in [1.807, 2.05) is 31.2 Å². The first-order valence-corrected chi connectivity index (χ1v) is 9.15. The lowest BCUT2D eigenvalue weighted by molar-refractivity contribution is 0.171. The van der Waals surface area contributed by atoms with Gasteiger partial charge in [0.15, 0.2) is 11.5 Å². The number of ether oxygens (including phenoxy) is 4. The predicted molar refractivity (Wildman–Crippen MR) is 103 cm³/mol. The Balaban J connectivity index is 1.71. The zero-order chi connectivity index (χ0) is 18.8. The van der Waals surface area contributed by atoms with Crippen LogP contribution < -0.4 is 18.9 Å². The van der Waals surface area contributed by atoms with Crippen LogP contribution >= 0.6 is 0 Å². The average molecular weight is 365 g/mol. The van der Waals surface area contributed by atoms with Gasteiger partial charge in [-0.15, -0.1) is 0 Å². The molecule has 2 aliphatic heterocycles. The number of rotatable bonds is 3. The van der Waals surface area contributed by atoms with Crippen molar-refractivity contribution < 1.29 is 18.9 Å². The van der Waals surface area contributed by atoms with Crippen LogP contribution in [0.25, 0.3) is 0 Å². The normalized spacial score (nSPS) is 17.7. The number of methoxy groups -OCH3 is 1. The van der Waals surface area contributed by atoms with Crippen LogP contribution in [0.5, 0.6) is 23.0 Å². The predicted octanol–water partition coefficient (Wildman–Crippen LogP) is 3.40. The second-order valence-electron chi connectivity index (χ2n) is 6.58. The molecule has 2 aliphatic rings. The van der Waals surface area contributed by atoms with Gasteiger partial charge in [-0.3, -0.25) is 4.90 Å². The molecule has 0 saturated heterocycles. The topological polar surface area (TPSA) is 40.2 Å². The quantitative estimate of drug-likeness (QED) is 0.780. The van der Waals surface area contributed by atoms with Crippen LogP contribution in [-0.4, -0.2) is 39.0 Å². The molecular formula is C22H23NO4. The third-order valence-corrected chi connectivity index (χ3v) is 4.91. The summed E-state index contributed by atoms with van der Waals surface area (Å²) in [7, 11) is 3.76. The van der Waals surface area contributed by atoms with E-state index in [0.717, 1.165) is 41.3 Å². The fourth-order valence-corrected chi connectivity index (χ4v) is 3.57. The Hall–Kier alpha value is -2.84. The number of benzene rings is 2. The van der Waals surface area contributed by atoms with Gasteiger partial charge in [0, 0.05) is 17.7 Å². The van der Waals surface area contributed by atoms with Gasteiger partial charge in [-0.05, 0) is 56.3 Å². The number of hydrogen-bond donors (Lipinski definition) is 0. The highest BCUT2D eigenvalue weighted by Gasteiger charge is 2.33. The van der Waals surface area contributed by atoms with E-state index in [2.05, 4.69) is 29.9 Å². The lowest BCUT2D eigenvalue weighted by Crippen LogP contribution is -2.31. The van der Waals surface area contributed by atoms with Gasteiger partial charge in [0.05, 0.1) is 13.7 Å². The van der Waals surface area contributed by atoms with Crippen LogP contribution in [-0.2, 0) is 6.42 Å². The summed E-state index contributed by atoms with van der Waals surface area (Å²) >= 11 is 0. The highest BCUT2D eigenvalue weighted by atomic mass is 16.7. The molecule has 2 heterocycles. The van der Waals surface area contributed by atoms with Crippen LogP contribution in [0.15, 0.2) is 30.3 Å². The van der Waals surface area contributed by atoms with Crippen LogP contribution in [0.4, 0.5) is 0 Å². The average Bonchev–Trinajstić information content (AvgIpc) is 3.15. The molecule has 140 valence electrons. The molecule has 2 aromatic rings. The summed E-state index contributed by atoms with van der Waals surface area (Å²) in [5.41, 5.74) is 3.24. The molecule has 4 rings (SSSR count). The maximum atomic E-state index is 5.71. The summed E-state index contributed by atoms with van der Waals surface area (Å²) in [5.74, 6) is 9.75. The number of nitrogens with zero attached hydrogens (tertiary/aromatic N) is 1. The number of likely N-dealkylation sites (N-methyl/N-ethyl adjacent to an activating group) is 1. The maximum Gasteiger partial charge on any atom is 0.231 e. The molecule has 0 aliphatic carbocycles. The van der Waals surface area contributed by atoms with Crippen LogP contribution in [0.1, 0.15) is 29.7 Å². The van der Waals surface area contributed by atoms with Gasteiger partial charge in [-0.2, -0.15) is 0 Å². The SMILES string of the molecule is CCOc1ccc(C#CC2c3c(cc4c(c3OC)OCO4)CCN2C)cc1.